The predicted octanol–water partition coefficient (Wildman–Crippen LogP) is 2.03. The fourth-order valence-corrected chi connectivity index (χ4v) is 0.719. The van der Waals surface area contributed by atoms with Crippen molar-refractivity contribution in [2.24, 2.45) is 5.41 Å². The van der Waals surface area contributed by atoms with Crippen molar-refractivity contribution in [3.8, 4) is 0 Å². The maximum absolute atomic E-state index is 10.4. The quantitative estimate of drug-likeness (QED) is 0.355. The van der Waals surface area contributed by atoms with Crippen LogP contribution in [0.3, 0.4) is 0 Å². The van der Waals surface area contributed by atoms with Gasteiger partial charge in [-0.25, -0.2) is 0 Å². The zero-order chi connectivity index (χ0) is 8.04. The molecule has 0 spiro atoms. The number of hydrogen-bond donors (Lipinski definition) is 1. The molecule has 10 heavy (non-hydrogen) atoms. The number of rotatable bonds is 5. The van der Waals surface area contributed by atoms with Crippen LogP contribution in [0, 0.1) is 10.8 Å². The van der Waals surface area contributed by atoms with Gasteiger partial charge in [-0.2, -0.15) is 0 Å². The molecule has 0 aromatic rings. The first kappa shape index (κ1) is 9.34. The lowest BCUT2D eigenvalue weighted by Gasteiger charge is -2.14. The number of hydrogen-bond acceptors (Lipinski definition) is 2. The van der Waals surface area contributed by atoms with Gasteiger partial charge in [-0.1, -0.05) is 13.8 Å². The second kappa shape index (κ2) is 4.20. The van der Waals surface area contributed by atoms with Crippen molar-refractivity contribution >= 4 is 12.5 Å². The Labute approximate surface area is 62.1 Å². The van der Waals surface area contributed by atoms with E-state index in [-0.39, 0.29) is 5.41 Å². The molecule has 0 aromatic carbocycles. The van der Waals surface area contributed by atoms with Gasteiger partial charge in [-0.15, -0.1) is 0 Å². The molecule has 0 aliphatic heterocycles. The van der Waals surface area contributed by atoms with Gasteiger partial charge in [0.25, 0.3) is 0 Å². The minimum atomic E-state index is -0.191. The van der Waals surface area contributed by atoms with Crippen molar-refractivity contribution in [1.29, 1.82) is 5.41 Å². The molecule has 0 saturated carbocycles. The number of unbranched alkanes of at least 4 members (excludes halogenated alkanes) is 1. The summed E-state index contributed by atoms with van der Waals surface area (Å²) in [6.07, 6.45) is 4.98. The predicted molar refractivity (Wildman–Crippen MR) is 42.5 cm³/mol. The highest BCUT2D eigenvalue weighted by Gasteiger charge is 2.14. The van der Waals surface area contributed by atoms with Gasteiger partial charge in [-0.05, 0) is 25.5 Å². The fourth-order valence-electron chi connectivity index (χ4n) is 0.719. The molecule has 1 N–H and O–H groups in total. The van der Waals surface area contributed by atoms with Crippen LogP contribution in [0.25, 0.3) is 0 Å². The first-order valence-corrected chi connectivity index (χ1v) is 3.57. The van der Waals surface area contributed by atoms with Crippen LogP contribution < -0.4 is 0 Å². The van der Waals surface area contributed by atoms with Crippen LogP contribution in [0.4, 0.5) is 0 Å². The van der Waals surface area contributed by atoms with Crippen molar-refractivity contribution in [2.45, 2.75) is 33.1 Å². The second-order valence-electron chi connectivity index (χ2n) is 3.20. The van der Waals surface area contributed by atoms with E-state index >= 15 is 0 Å². The van der Waals surface area contributed by atoms with Gasteiger partial charge < -0.3 is 10.2 Å². The van der Waals surface area contributed by atoms with E-state index in [9.17, 15) is 4.79 Å². The molecule has 0 heterocycles. The first-order valence-electron chi connectivity index (χ1n) is 3.57. The number of nitrogens with one attached hydrogen (secondary N) is 1. The summed E-state index contributed by atoms with van der Waals surface area (Å²) >= 11 is 0. The summed E-state index contributed by atoms with van der Waals surface area (Å²) in [7, 11) is 0. The van der Waals surface area contributed by atoms with Crippen LogP contribution in [-0.4, -0.2) is 12.5 Å². The Morgan fingerprint density at radius 2 is 2.10 bits per heavy atom. The van der Waals surface area contributed by atoms with E-state index in [1.165, 1.54) is 6.21 Å². The summed E-state index contributed by atoms with van der Waals surface area (Å²) in [4.78, 5) is 10.4. The standard InChI is InChI=1S/C8H15NO/c1-8(2,7-10)5-3-4-6-9/h6-7,9H,3-5H2,1-2H3. The van der Waals surface area contributed by atoms with Crippen LogP contribution in [0.15, 0.2) is 0 Å². The third-order valence-corrected chi connectivity index (χ3v) is 1.49. The molecule has 0 aliphatic carbocycles. The van der Waals surface area contributed by atoms with E-state index in [1.54, 1.807) is 0 Å². The molecule has 0 aromatic heterocycles. The monoisotopic (exact) mass is 141 g/mol. The SMILES string of the molecule is CC(C)(C=O)CCCC=N. The van der Waals surface area contributed by atoms with Gasteiger partial charge >= 0.3 is 0 Å². The van der Waals surface area contributed by atoms with Gasteiger partial charge in [0.2, 0.25) is 0 Å². The molecule has 0 radical (unpaired) electrons. The van der Waals surface area contributed by atoms with E-state index in [0.717, 1.165) is 25.5 Å². The molecule has 58 valence electrons. The number of aldehydes is 1. The third-order valence-electron chi connectivity index (χ3n) is 1.49. The first-order chi connectivity index (χ1) is 4.62. The van der Waals surface area contributed by atoms with E-state index < -0.39 is 0 Å². The average Bonchev–Trinajstić information content (AvgIpc) is 1.89. The Bertz CT molecular complexity index is 118. The third kappa shape index (κ3) is 4.24. The molecule has 0 rings (SSSR count). The van der Waals surface area contributed by atoms with Gasteiger partial charge in [0, 0.05) is 5.41 Å². The van der Waals surface area contributed by atoms with E-state index in [4.69, 9.17) is 5.41 Å². The van der Waals surface area contributed by atoms with Gasteiger partial charge in [0.05, 0.1) is 0 Å². The summed E-state index contributed by atoms with van der Waals surface area (Å²) < 4.78 is 0. The fraction of sp³-hybridized carbons (Fsp3) is 0.750. The van der Waals surface area contributed by atoms with E-state index in [0.29, 0.717) is 0 Å². The zero-order valence-corrected chi connectivity index (χ0v) is 6.68. The topological polar surface area (TPSA) is 40.9 Å². The summed E-state index contributed by atoms with van der Waals surface area (Å²) in [6.45, 7) is 3.84. The minimum absolute atomic E-state index is 0.191. The van der Waals surface area contributed by atoms with Crippen molar-refractivity contribution in [2.75, 3.05) is 0 Å². The zero-order valence-electron chi connectivity index (χ0n) is 6.68. The van der Waals surface area contributed by atoms with Gasteiger partial charge in [0.1, 0.15) is 6.29 Å². The maximum Gasteiger partial charge on any atom is 0.125 e. The van der Waals surface area contributed by atoms with Crippen LogP contribution in [-0.2, 0) is 4.79 Å². The lowest BCUT2D eigenvalue weighted by atomic mass is 9.89. The van der Waals surface area contributed by atoms with Crippen molar-refractivity contribution in [3.05, 3.63) is 0 Å². The highest BCUT2D eigenvalue weighted by atomic mass is 16.1. The van der Waals surface area contributed by atoms with Gasteiger partial charge in [-0.3, -0.25) is 0 Å². The highest BCUT2D eigenvalue weighted by Crippen LogP contribution is 2.19. The second-order valence-corrected chi connectivity index (χ2v) is 3.20. The van der Waals surface area contributed by atoms with E-state index in [1.807, 2.05) is 13.8 Å². The smallest absolute Gasteiger partial charge is 0.125 e. The summed E-state index contributed by atoms with van der Waals surface area (Å²) in [5.74, 6) is 0. The lowest BCUT2D eigenvalue weighted by molar-refractivity contribution is -0.115. The van der Waals surface area contributed by atoms with Crippen molar-refractivity contribution in [3.63, 3.8) is 0 Å². The van der Waals surface area contributed by atoms with Crippen LogP contribution in [0.2, 0.25) is 0 Å². The van der Waals surface area contributed by atoms with E-state index in [2.05, 4.69) is 0 Å². The number of carbonyl (C=O) groups excluding carboxylic acids is 1. The molecule has 0 saturated heterocycles. The molecule has 0 amide bonds. The summed E-state index contributed by atoms with van der Waals surface area (Å²) in [5, 5.41) is 6.75. The minimum Gasteiger partial charge on any atom is -0.313 e. The Balaban J connectivity index is 3.46. The Kier molecular flexibility index (Phi) is 3.93. The summed E-state index contributed by atoms with van der Waals surface area (Å²) in [5.41, 5.74) is -0.191. The van der Waals surface area contributed by atoms with Crippen LogP contribution in [0.5, 0.6) is 0 Å². The highest BCUT2D eigenvalue weighted by molar-refractivity contribution is 5.58. The maximum atomic E-state index is 10.4. The van der Waals surface area contributed by atoms with Crippen LogP contribution >= 0.6 is 0 Å². The average molecular weight is 141 g/mol. The van der Waals surface area contributed by atoms with Gasteiger partial charge in [0.15, 0.2) is 0 Å². The van der Waals surface area contributed by atoms with Crippen LogP contribution in [0.1, 0.15) is 33.1 Å². The normalized spacial score (nSPS) is 11.0. The molecular weight excluding hydrogens is 126 g/mol. The Hall–Kier alpha value is -0.660. The molecule has 0 bridgehead atoms. The largest absolute Gasteiger partial charge is 0.313 e. The molecule has 2 nitrogen and oxygen atoms in total. The van der Waals surface area contributed by atoms with Crippen molar-refractivity contribution < 1.29 is 4.79 Å². The molecule has 0 atom stereocenters. The molecular formula is C8H15NO. The lowest BCUT2D eigenvalue weighted by Crippen LogP contribution is -2.12. The van der Waals surface area contributed by atoms with Crippen molar-refractivity contribution in [1.82, 2.24) is 0 Å². The Morgan fingerprint density at radius 3 is 2.50 bits per heavy atom. The molecule has 2 heteroatoms. The molecule has 0 fully saturated rings. The number of carbonyl (C=O) groups is 1. The Morgan fingerprint density at radius 1 is 1.50 bits per heavy atom. The molecule has 0 aliphatic rings. The summed E-state index contributed by atoms with van der Waals surface area (Å²) in [6, 6.07) is 0. The molecule has 0 unspecified atom stereocenters.